The van der Waals surface area contributed by atoms with Crippen LogP contribution in [0.5, 0.6) is 0 Å². The lowest BCUT2D eigenvalue weighted by Crippen LogP contribution is -2.27. The molecule has 0 fully saturated rings. The molecule has 1 aromatic heterocycles. The minimum Gasteiger partial charge on any atom is -0.476 e. The molecule has 0 aliphatic rings. The molecular weight excluding hydrogens is 255 g/mol. The Bertz CT molecular complexity index is 430. The zero-order valence-electron chi connectivity index (χ0n) is 9.73. The monoisotopic (exact) mass is 267 g/mol. The Morgan fingerprint density at radius 1 is 1.56 bits per heavy atom. The first-order valence-electron chi connectivity index (χ1n) is 5.02. The smallest absolute Gasteiger partial charge is 0.410 e. The summed E-state index contributed by atoms with van der Waals surface area (Å²) in [6.45, 7) is 0.967. The van der Waals surface area contributed by atoms with Gasteiger partial charge in [0.05, 0.1) is 12.3 Å². The van der Waals surface area contributed by atoms with Crippen LogP contribution in [0.3, 0.4) is 0 Å². The van der Waals surface area contributed by atoms with Gasteiger partial charge in [-0.25, -0.2) is 9.48 Å². The molecule has 1 unspecified atom stereocenters. The van der Waals surface area contributed by atoms with Crippen LogP contribution in [-0.4, -0.2) is 46.0 Å². The number of carboxylic acid groups (broad SMARTS) is 1. The van der Waals surface area contributed by atoms with Crippen molar-refractivity contribution in [2.45, 2.75) is 25.6 Å². The minimum atomic E-state index is -4.52. The van der Waals surface area contributed by atoms with Crippen molar-refractivity contribution in [1.29, 1.82) is 0 Å². The lowest BCUT2D eigenvalue weighted by atomic mass is 10.2. The number of carbonyl (C=O) groups is 1. The first-order valence-corrected chi connectivity index (χ1v) is 5.02. The number of hydrogen-bond acceptors (Lipinski definition) is 4. The summed E-state index contributed by atoms with van der Waals surface area (Å²) >= 11 is 0. The van der Waals surface area contributed by atoms with E-state index >= 15 is 0 Å². The lowest BCUT2D eigenvalue weighted by molar-refractivity contribution is -0.166. The number of hydrogen-bond donors (Lipinski definition) is 1. The molecule has 1 rings (SSSR count). The highest BCUT2D eigenvalue weighted by atomic mass is 19.4. The summed E-state index contributed by atoms with van der Waals surface area (Å²) in [4.78, 5) is 10.8. The summed E-state index contributed by atoms with van der Waals surface area (Å²) in [5.41, 5.74) is -0.586. The van der Waals surface area contributed by atoms with Crippen molar-refractivity contribution in [2.24, 2.45) is 0 Å². The van der Waals surface area contributed by atoms with Crippen LogP contribution in [0.2, 0.25) is 0 Å². The molecule has 0 saturated heterocycles. The molecule has 0 bridgehead atoms. The van der Waals surface area contributed by atoms with Crippen molar-refractivity contribution in [3.63, 3.8) is 0 Å². The van der Waals surface area contributed by atoms with Gasteiger partial charge in [0.1, 0.15) is 6.04 Å². The van der Waals surface area contributed by atoms with Gasteiger partial charge < -0.3 is 9.84 Å². The average Bonchev–Trinajstić information content (AvgIpc) is 2.67. The maximum atomic E-state index is 12.6. The van der Waals surface area contributed by atoms with Crippen molar-refractivity contribution in [2.75, 3.05) is 13.7 Å². The molecule has 1 heterocycles. The minimum absolute atomic E-state index is 0.00838. The van der Waals surface area contributed by atoms with Crippen LogP contribution in [-0.2, 0) is 11.2 Å². The Kier molecular flexibility index (Phi) is 4.28. The summed E-state index contributed by atoms with van der Waals surface area (Å²) in [6.07, 6.45) is -4.53. The second kappa shape index (κ2) is 5.34. The predicted octanol–water partition coefficient (Wildman–Crippen LogP) is 1.29. The summed E-state index contributed by atoms with van der Waals surface area (Å²) in [6, 6.07) is -1.94. The molecule has 102 valence electrons. The highest BCUT2D eigenvalue weighted by molar-refractivity contribution is 5.86. The third-order valence-corrected chi connectivity index (χ3v) is 2.38. The number of aromatic carboxylic acids is 1. The van der Waals surface area contributed by atoms with Gasteiger partial charge in [-0.2, -0.15) is 13.2 Å². The highest BCUT2D eigenvalue weighted by Crippen LogP contribution is 2.30. The molecule has 0 radical (unpaired) electrons. The predicted molar refractivity (Wildman–Crippen MR) is 53.3 cm³/mol. The SMILES string of the molecule is COCCc1c(C(=O)O)nnn1C(C)C(F)(F)F. The highest BCUT2D eigenvalue weighted by Gasteiger charge is 2.40. The zero-order valence-corrected chi connectivity index (χ0v) is 9.73. The fourth-order valence-electron chi connectivity index (χ4n) is 1.36. The van der Waals surface area contributed by atoms with Gasteiger partial charge in [0, 0.05) is 13.5 Å². The average molecular weight is 267 g/mol. The summed E-state index contributed by atoms with van der Waals surface area (Å²) in [7, 11) is 1.36. The maximum Gasteiger partial charge on any atom is 0.410 e. The normalized spacial score (nSPS) is 13.6. The number of methoxy groups -OCH3 is 1. The molecule has 18 heavy (non-hydrogen) atoms. The number of alkyl halides is 3. The van der Waals surface area contributed by atoms with E-state index in [4.69, 9.17) is 9.84 Å². The van der Waals surface area contributed by atoms with E-state index in [1.807, 2.05) is 0 Å². The van der Waals surface area contributed by atoms with Crippen molar-refractivity contribution in [1.82, 2.24) is 15.0 Å². The van der Waals surface area contributed by atoms with E-state index in [1.54, 1.807) is 0 Å². The van der Waals surface area contributed by atoms with Crippen LogP contribution in [0.25, 0.3) is 0 Å². The molecule has 1 N–H and O–H groups in total. The van der Waals surface area contributed by atoms with Crippen LogP contribution >= 0.6 is 0 Å². The fraction of sp³-hybridized carbons (Fsp3) is 0.667. The summed E-state index contributed by atoms with van der Waals surface area (Å²) in [5, 5.41) is 15.4. The van der Waals surface area contributed by atoms with Crippen molar-refractivity contribution in [3.05, 3.63) is 11.4 Å². The molecule has 1 aromatic rings. The largest absolute Gasteiger partial charge is 0.476 e. The third kappa shape index (κ3) is 2.97. The number of carboxylic acids is 1. The first-order chi connectivity index (χ1) is 8.29. The van der Waals surface area contributed by atoms with Gasteiger partial charge in [0.2, 0.25) is 0 Å². The number of aromatic nitrogens is 3. The number of ether oxygens (including phenoxy) is 1. The molecule has 9 heteroatoms. The Hall–Kier alpha value is -1.64. The van der Waals surface area contributed by atoms with Gasteiger partial charge in [0.25, 0.3) is 0 Å². The molecule has 0 spiro atoms. The fourth-order valence-corrected chi connectivity index (χ4v) is 1.36. The zero-order chi connectivity index (χ0) is 13.9. The standard InChI is InChI=1S/C9H12F3N3O3/c1-5(9(10,11)12)15-6(3-4-18-2)7(8(16)17)13-14-15/h5H,3-4H2,1-2H3,(H,16,17). The molecule has 0 aliphatic heterocycles. The van der Waals surface area contributed by atoms with Gasteiger partial charge in [0.15, 0.2) is 5.69 Å². The van der Waals surface area contributed by atoms with Crippen LogP contribution in [0.4, 0.5) is 13.2 Å². The second-order valence-corrected chi connectivity index (χ2v) is 3.59. The molecule has 0 aromatic carbocycles. The van der Waals surface area contributed by atoms with E-state index in [1.165, 1.54) is 7.11 Å². The van der Waals surface area contributed by atoms with E-state index in [0.717, 1.165) is 6.92 Å². The molecular formula is C9H12F3N3O3. The first kappa shape index (κ1) is 14.4. The van der Waals surface area contributed by atoms with Gasteiger partial charge in [-0.15, -0.1) is 5.10 Å². The topological polar surface area (TPSA) is 77.2 Å². The lowest BCUT2D eigenvalue weighted by Gasteiger charge is -2.17. The number of halogens is 3. The molecule has 0 saturated carbocycles. The Balaban J connectivity index is 3.15. The molecule has 0 amide bonds. The van der Waals surface area contributed by atoms with Crippen molar-refractivity contribution < 1.29 is 27.8 Å². The van der Waals surface area contributed by atoms with E-state index in [-0.39, 0.29) is 18.7 Å². The van der Waals surface area contributed by atoms with Gasteiger partial charge in [-0.05, 0) is 6.92 Å². The molecule has 0 aliphatic carbocycles. The summed E-state index contributed by atoms with van der Waals surface area (Å²) in [5.74, 6) is -1.42. The summed E-state index contributed by atoms with van der Waals surface area (Å²) < 4.78 is 43.0. The van der Waals surface area contributed by atoms with Crippen LogP contribution in [0.15, 0.2) is 0 Å². The van der Waals surface area contributed by atoms with Gasteiger partial charge in [-0.3, -0.25) is 0 Å². The number of rotatable bonds is 5. The Labute approximate surface area is 100 Å². The van der Waals surface area contributed by atoms with Crippen LogP contribution in [0.1, 0.15) is 29.1 Å². The van der Waals surface area contributed by atoms with E-state index in [9.17, 15) is 18.0 Å². The van der Waals surface area contributed by atoms with Crippen LogP contribution < -0.4 is 0 Å². The second-order valence-electron chi connectivity index (χ2n) is 3.59. The third-order valence-electron chi connectivity index (χ3n) is 2.38. The quantitative estimate of drug-likeness (QED) is 0.869. The van der Waals surface area contributed by atoms with Gasteiger partial charge in [-0.1, -0.05) is 5.21 Å². The van der Waals surface area contributed by atoms with Crippen molar-refractivity contribution in [3.8, 4) is 0 Å². The van der Waals surface area contributed by atoms with Crippen LogP contribution in [0, 0.1) is 0 Å². The maximum absolute atomic E-state index is 12.6. The Morgan fingerprint density at radius 2 is 2.17 bits per heavy atom. The van der Waals surface area contributed by atoms with E-state index in [2.05, 4.69) is 10.3 Å². The van der Waals surface area contributed by atoms with E-state index in [0.29, 0.717) is 4.68 Å². The Morgan fingerprint density at radius 3 is 2.61 bits per heavy atom. The number of nitrogens with zero attached hydrogens (tertiary/aromatic N) is 3. The van der Waals surface area contributed by atoms with Crippen molar-refractivity contribution >= 4 is 5.97 Å². The molecule has 1 atom stereocenters. The van der Waals surface area contributed by atoms with E-state index < -0.39 is 23.9 Å². The molecule has 6 nitrogen and oxygen atoms in total. The van der Waals surface area contributed by atoms with Gasteiger partial charge >= 0.3 is 12.1 Å².